The third-order valence-electron chi connectivity index (χ3n) is 5.96. The molecule has 0 spiro atoms. The molecule has 2 aromatic heterocycles. The second kappa shape index (κ2) is 3.94. The number of nitrogens with zero attached hydrogens (tertiary/aromatic N) is 5. The number of aromatic nitrogens is 5. The van der Waals surface area contributed by atoms with E-state index < -0.39 is 0 Å². The van der Waals surface area contributed by atoms with Gasteiger partial charge in [-0.25, -0.2) is 4.68 Å². The molecule has 6 nitrogen and oxygen atoms in total. The summed E-state index contributed by atoms with van der Waals surface area (Å²) in [7, 11) is 0. The fraction of sp³-hybridized carbons (Fsp3) is 0.444. The molecular weight excluding hydrogens is 302 g/mol. The molecule has 2 heterocycles. The monoisotopic (exact) mass is 319 g/mol. The van der Waals surface area contributed by atoms with E-state index in [0.29, 0.717) is 5.82 Å². The van der Waals surface area contributed by atoms with Gasteiger partial charge in [0.25, 0.3) is 0 Å². The quantitative estimate of drug-likeness (QED) is 0.692. The Balaban J connectivity index is 1.39. The van der Waals surface area contributed by atoms with E-state index >= 15 is 0 Å². The molecule has 24 heavy (non-hydrogen) atoms. The Bertz CT molecular complexity index is 1040. The molecule has 2 atom stereocenters. The van der Waals surface area contributed by atoms with Crippen LogP contribution in [0.3, 0.4) is 0 Å². The summed E-state index contributed by atoms with van der Waals surface area (Å²) in [4.78, 5) is 4.71. The van der Waals surface area contributed by atoms with Gasteiger partial charge in [-0.15, -0.1) is 5.10 Å². The third-order valence-corrected chi connectivity index (χ3v) is 5.96. The van der Waals surface area contributed by atoms with E-state index in [-0.39, 0.29) is 11.5 Å². The van der Waals surface area contributed by atoms with Crippen molar-refractivity contribution in [2.75, 3.05) is 0 Å². The predicted molar refractivity (Wildman–Crippen MR) is 87.3 cm³/mol. The number of benzene rings is 1. The van der Waals surface area contributed by atoms with Gasteiger partial charge in [-0.2, -0.15) is 4.98 Å². The van der Waals surface area contributed by atoms with Gasteiger partial charge in [-0.1, -0.05) is 21.5 Å². The Morgan fingerprint density at radius 3 is 2.96 bits per heavy atom. The molecule has 3 aromatic rings. The molecular formula is C18H17N5O. The van der Waals surface area contributed by atoms with Crippen molar-refractivity contribution in [3.8, 4) is 11.4 Å². The Labute approximate surface area is 138 Å². The summed E-state index contributed by atoms with van der Waals surface area (Å²) in [6, 6.07) is 6.34. The molecule has 2 unspecified atom stereocenters. The van der Waals surface area contributed by atoms with Crippen molar-refractivity contribution < 1.29 is 4.52 Å². The minimum absolute atomic E-state index is 0.106. The summed E-state index contributed by atoms with van der Waals surface area (Å²) in [5.74, 6) is 2.27. The zero-order valence-electron chi connectivity index (χ0n) is 13.7. The van der Waals surface area contributed by atoms with Gasteiger partial charge in [0, 0.05) is 11.6 Å². The second-order valence-corrected chi connectivity index (χ2v) is 7.64. The van der Waals surface area contributed by atoms with Crippen molar-refractivity contribution in [2.24, 2.45) is 5.92 Å². The molecule has 0 bridgehead atoms. The van der Waals surface area contributed by atoms with Crippen LogP contribution in [0, 0.1) is 5.92 Å². The molecule has 1 fully saturated rings. The SMILES string of the molecule is CC(C)n1nnc2cc(-c3noc(C45CC6=C4C(C6)C5)n3)ccc21. The van der Waals surface area contributed by atoms with E-state index in [1.807, 2.05) is 22.9 Å². The van der Waals surface area contributed by atoms with Gasteiger partial charge >= 0.3 is 0 Å². The van der Waals surface area contributed by atoms with Crippen molar-refractivity contribution in [3.05, 3.63) is 35.2 Å². The largest absolute Gasteiger partial charge is 0.338 e. The number of hydrogen-bond acceptors (Lipinski definition) is 5. The van der Waals surface area contributed by atoms with Crippen LogP contribution in [0.15, 0.2) is 33.9 Å². The molecule has 0 N–H and O–H groups in total. The maximum absolute atomic E-state index is 5.64. The van der Waals surface area contributed by atoms with Gasteiger partial charge in [0.1, 0.15) is 5.52 Å². The lowest BCUT2D eigenvalue weighted by atomic mass is 9.38. The average Bonchev–Trinajstić information content (AvgIpc) is 3.20. The predicted octanol–water partition coefficient (Wildman–Crippen LogP) is 3.42. The smallest absolute Gasteiger partial charge is 0.237 e. The van der Waals surface area contributed by atoms with Crippen LogP contribution >= 0.6 is 0 Å². The molecule has 0 aliphatic heterocycles. The Morgan fingerprint density at radius 2 is 2.25 bits per heavy atom. The lowest BCUT2D eigenvalue weighted by Crippen LogP contribution is -2.58. The van der Waals surface area contributed by atoms with Gasteiger partial charge in [0.15, 0.2) is 0 Å². The van der Waals surface area contributed by atoms with Crippen LogP contribution in [0.2, 0.25) is 0 Å². The average molecular weight is 319 g/mol. The lowest BCUT2D eigenvalue weighted by Gasteiger charge is -2.64. The van der Waals surface area contributed by atoms with Crippen LogP contribution in [0.25, 0.3) is 22.4 Å². The fourth-order valence-electron chi connectivity index (χ4n) is 4.84. The minimum Gasteiger partial charge on any atom is -0.338 e. The molecule has 3 aliphatic rings. The highest BCUT2D eigenvalue weighted by atomic mass is 16.5. The zero-order valence-corrected chi connectivity index (χ0v) is 13.7. The molecule has 0 saturated heterocycles. The Kier molecular flexibility index (Phi) is 2.11. The normalized spacial score (nSPS) is 27.0. The third kappa shape index (κ3) is 1.34. The number of rotatable bonds is 3. The van der Waals surface area contributed by atoms with Crippen LogP contribution in [0.5, 0.6) is 0 Å². The van der Waals surface area contributed by atoms with Crippen LogP contribution < -0.4 is 0 Å². The molecule has 1 aromatic carbocycles. The van der Waals surface area contributed by atoms with E-state index in [4.69, 9.17) is 9.51 Å². The summed E-state index contributed by atoms with van der Waals surface area (Å²) in [6.07, 6.45) is 3.62. The lowest BCUT2D eigenvalue weighted by molar-refractivity contribution is 0.0995. The zero-order chi connectivity index (χ0) is 16.1. The first kappa shape index (κ1) is 12.9. The molecule has 0 amide bonds. The Hall–Kier alpha value is -2.50. The van der Waals surface area contributed by atoms with Gasteiger partial charge in [0.2, 0.25) is 11.7 Å². The fourth-order valence-corrected chi connectivity index (χ4v) is 4.84. The summed E-state index contributed by atoms with van der Waals surface area (Å²) >= 11 is 0. The van der Waals surface area contributed by atoms with Gasteiger partial charge in [-0.05, 0) is 57.2 Å². The topological polar surface area (TPSA) is 69.6 Å². The highest BCUT2D eigenvalue weighted by Crippen LogP contribution is 2.72. The number of hydrogen-bond donors (Lipinski definition) is 0. The highest BCUT2D eigenvalue weighted by molar-refractivity contribution is 5.80. The van der Waals surface area contributed by atoms with Gasteiger partial charge in [0.05, 0.1) is 10.9 Å². The first-order chi connectivity index (χ1) is 11.7. The standard InChI is InChI=1S/C18H17N5O/c1-9(2)23-14-4-3-10(6-13(14)20-22-23)16-19-17(24-21-16)18-7-11-5-12(8-18)15(11)18/h3-4,6,9,11H,5,7-8H2,1-2H3. The molecule has 3 aliphatic carbocycles. The molecule has 120 valence electrons. The first-order valence-electron chi connectivity index (χ1n) is 8.58. The van der Waals surface area contributed by atoms with Crippen LogP contribution in [-0.2, 0) is 5.41 Å². The molecule has 0 radical (unpaired) electrons. The van der Waals surface area contributed by atoms with Crippen molar-refractivity contribution in [1.82, 2.24) is 25.1 Å². The summed E-state index contributed by atoms with van der Waals surface area (Å²) in [5, 5.41) is 12.7. The van der Waals surface area contributed by atoms with E-state index in [1.54, 1.807) is 11.1 Å². The van der Waals surface area contributed by atoms with Crippen LogP contribution in [-0.4, -0.2) is 25.1 Å². The maximum Gasteiger partial charge on any atom is 0.237 e. The molecule has 6 rings (SSSR count). The summed E-state index contributed by atoms with van der Waals surface area (Å²) < 4.78 is 7.56. The van der Waals surface area contributed by atoms with E-state index in [2.05, 4.69) is 29.3 Å². The second-order valence-electron chi connectivity index (χ2n) is 7.64. The van der Waals surface area contributed by atoms with E-state index in [9.17, 15) is 0 Å². The molecule has 6 heteroatoms. The van der Waals surface area contributed by atoms with Crippen molar-refractivity contribution in [2.45, 2.75) is 44.6 Å². The molecule has 1 saturated carbocycles. The highest BCUT2D eigenvalue weighted by Gasteiger charge is 2.66. The summed E-state index contributed by atoms with van der Waals surface area (Å²) in [5.41, 5.74) is 6.17. The van der Waals surface area contributed by atoms with Crippen LogP contribution in [0.4, 0.5) is 0 Å². The summed E-state index contributed by atoms with van der Waals surface area (Å²) in [6.45, 7) is 4.20. The van der Waals surface area contributed by atoms with E-state index in [0.717, 1.165) is 34.8 Å². The number of fused-ring (bicyclic) bond motifs is 1. The van der Waals surface area contributed by atoms with Gasteiger partial charge in [-0.3, -0.25) is 0 Å². The van der Waals surface area contributed by atoms with Gasteiger partial charge < -0.3 is 4.52 Å². The van der Waals surface area contributed by atoms with Crippen molar-refractivity contribution >= 4 is 11.0 Å². The minimum atomic E-state index is 0.106. The van der Waals surface area contributed by atoms with Crippen molar-refractivity contribution in [3.63, 3.8) is 0 Å². The first-order valence-corrected chi connectivity index (χ1v) is 8.58. The van der Waals surface area contributed by atoms with Crippen molar-refractivity contribution in [1.29, 1.82) is 0 Å². The maximum atomic E-state index is 5.64. The van der Waals surface area contributed by atoms with E-state index in [1.165, 1.54) is 12.8 Å². The Morgan fingerprint density at radius 1 is 1.33 bits per heavy atom. The number of allylic oxidation sites excluding steroid dienone is 2. The van der Waals surface area contributed by atoms with Crippen LogP contribution in [0.1, 0.15) is 45.0 Å².